The predicted octanol–water partition coefficient (Wildman–Crippen LogP) is 2.05. The molecule has 104 valence electrons. The van der Waals surface area contributed by atoms with Crippen molar-refractivity contribution in [2.45, 2.75) is 20.0 Å². The molecule has 1 aromatic rings. The summed E-state index contributed by atoms with van der Waals surface area (Å²) in [6.45, 7) is 3.30. The molecule has 19 heavy (non-hydrogen) atoms. The van der Waals surface area contributed by atoms with Crippen molar-refractivity contribution in [2.24, 2.45) is 5.92 Å². The maximum atomic E-state index is 11.9. The van der Waals surface area contributed by atoms with Gasteiger partial charge in [0.15, 0.2) is 0 Å². The van der Waals surface area contributed by atoms with Crippen molar-refractivity contribution in [1.82, 2.24) is 0 Å². The molecule has 0 bridgehead atoms. The summed E-state index contributed by atoms with van der Waals surface area (Å²) in [6.07, 6.45) is -0.564. The highest BCUT2D eigenvalue weighted by Gasteiger charge is 2.24. The highest BCUT2D eigenvalue weighted by atomic mass is 16.6. The number of esters is 2. The van der Waals surface area contributed by atoms with Crippen LogP contribution in [0.5, 0.6) is 5.75 Å². The maximum Gasteiger partial charge on any atom is 0.338 e. The first-order valence-corrected chi connectivity index (χ1v) is 5.92. The lowest BCUT2D eigenvalue weighted by atomic mass is 10.1. The second-order valence-electron chi connectivity index (χ2n) is 4.15. The normalized spacial score (nSPS) is 13.3. The number of hydrogen-bond acceptors (Lipinski definition) is 5. The number of hydrogen-bond donors (Lipinski definition) is 0. The van der Waals surface area contributed by atoms with Gasteiger partial charge in [0.05, 0.1) is 25.7 Å². The minimum absolute atomic E-state index is 0.378. The Labute approximate surface area is 112 Å². The van der Waals surface area contributed by atoms with E-state index < -0.39 is 24.0 Å². The third-order valence-electron chi connectivity index (χ3n) is 2.88. The van der Waals surface area contributed by atoms with Crippen LogP contribution in [0.1, 0.15) is 24.2 Å². The van der Waals surface area contributed by atoms with E-state index in [1.54, 1.807) is 38.1 Å². The van der Waals surface area contributed by atoms with Gasteiger partial charge < -0.3 is 14.2 Å². The van der Waals surface area contributed by atoms with Crippen molar-refractivity contribution >= 4 is 11.9 Å². The fourth-order valence-electron chi connectivity index (χ4n) is 1.47. The summed E-state index contributed by atoms with van der Waals surface area (Å²) >= 11 is 0. The standard InChI is InChI=1S/C14H18O5/c1-9(13(15)18-4)10(2)19-14(16)11-6-5-7-12(8-11)17-3/h5-10H,1-4H3. The monoisotopic (exact) mass is 266 g/mol. The van der Waals surface area contributed by atoms with Crippen LogP contribution in [0.2, 0.25) is 0 Å². The molecular formula is C14H18O5. The Hall–Kier alpha value is -2.04. The Kier molecular flexibility index (Phi) is 5.36. The van der Waals surface area contributed by atoms with Gasteiger partial charge in [-0.25, -0.2) is 4.79 Å². The first-order chi connectivity index (χ1) is 8.99. The molecule has 0 heterocycles. The van der Waals surface area contributed by atoms with Crippen LogP contribution in [-0.4, -0.2) is 32.3 Å². The molecule has 5 heteroatoms. The van der Waals surface area contributed by atoms with E-state index in [9.17, 15) is 9.59 Å². The molecule has 5 nitrogen and oxygen atoms in total. The summed E-state index contributed by atoms with van der Waals surface area (Å²) in [5, 5.41) is 0. The highest BCUT2D eigenvalue weighted by Crippen LogP contribution is 2.16. The van der Waals surface area contributed by atoms with Crippen LogP contribution < -0.4 is 4.74 Å². The van der Waals surface area contributed by atoms with Gasteiger partial charge in [-0.1, -0.05) is 6.07 Å². The summed E-state index contributed by atoms with van der Waals surface area (Å²) in [5.74, 6) is -0.851. The Morgan fingerprint density at radius 3 is 2.42 bits per heavy atom. The average molecular weight is 266 g/mol. The van der Waals surface area contributed by atoms with Crippen LogP contribution in [0, 0.1) is 5.92 Å². The van der Waals surface area contributed by atoms with Crippen molar-refractivity contribution in [3.63, 3.8) is 0 Å². The quantitative estimate of drug-likeness (QED) is 0.763. The van der Waals surface area contributed by atoms with Gasteiger partial charge in [-0.15, -0.1) is 0 Å². The molecule has 0 spiro atoms. The Balaban J connectivity index is 2.71. The molecule has 2 unspecified atom stereocenters. The third kappa shape index (κ3) is 3.98. The first-order valence-electron chi connectivity index (χ1n) is 5.92. The van der Waals surface area contributed by atoms with Crippen LogP contribution in [0.4, 0.5) is 0 Å². The summed E-state index contributed by atoms with van der Waals surface area (Å²) in [5.41, 5.74) is 0.378. The third-order valence-corrected chi connectivity index (χ3v) is 2.88. The predicted molar refractivity (Wildman–Crippen MR) is 69.1 cm³/mol. The molecule has 0 radical (unpaired) electrons. The Morgan fingerprint density at radius 1 is 1.16 bits per heavy atom. The van der Waals surface area contributed by atoms with Crippen molar-refractivity contribution in [1.29, 1.82) is 0 Å². The van der Waals surface area contributed by atoms with E-state index in [1.165, 1.54) is 14.2 Å². The van der Waals surface area contributed by atoms with Crippen molar-refractivity contribution in [2.75, 3.05) is 14.2 Å². The molecular weight excluding hydrogens is 248 g/mol. The first kappa shape index (κ1) is 15.0. The van der Waals surface area contributed by atoms with Crippen molar-refractivity contribution < 1.29 is 23.8 Å². The summed E-state index contributed by atoms with van der Waals surface area (Å²) in [4.78, 5) is 23.2. The van der Waals surface area contributed by atoms with Gasteiger partial charge >= 0.3 is 11.9 Å². The lowest BCUT2D eigenvalue weighted by Gasteiger charge is -2.18. The lowest BCUT2D eigenvalue weighted by Crippen LogP contribution is -2.29. The van der Waals surface area contributed by atoms with Crippen LogP contribution >= 0.6 is 0 Å². The highest BCUT2D eigenvalue weighted by molar-refractivity contribution is 5.90. The molecule has 0 aliphatic heterocycles. The number of ether oxygens (including phenoxy) is 3. The van der Waals surface area contributed by atoms with E-state index in [4.69, 9.17) is 9.47 Å². The van der Waals surface area contributed by atoms with Gasteiger partial charge in [-0.3, -0.25) is 4.79 Å². The molecule has 1 aromatic carbocycles. The molecule has 0 N–H and O–H groups in total. The average Bonchev–Trinajstić information content (AvgIpc) is 2.45. The van der Waals surface area contributed by atoms with Crippen LogP contribution in [-0.2, 0) is 14.3 Å². The lowest BCUT2D eigenvalue weighted by molar-refractivity contribution is -0.148. The van der Waals surface area contributed by atoms with Gasteiger partial charge in [0.2, 0.25) is 0 Å². The van der Waals surface area contributed by atoms with Crippen LogP contribution in [0.15, 0.2) is 24.3 Å². The summed E-state index contributed by atoms with van der Waals surface area (Å²) in [6, 6.07) is 6.64. The number of carbonyl (C=O) groups excluding carboxylic acids is 2. The van der Waals surface area contributed by atoms with E-state index in [-0.39, 0.29) is 0 Å². The molecule has 0 saturated heterocycles. The largest absolute Gasteiger partial charge is 0.497 e. The van der Waals surface area contributed by atoms with E-state index in [0.29, 0.717) is 11.3 Å². The van der Waals surface area contributed by atoms with Gasteiger partial charge in [0.1, 0.15) is 11.9 Å². The minimum Gasteiger partial charge on any atom is -0.497 e. The summed E-state index contributed by atoms with van der Waals surface area (Å²) in [7, 11) is 2.82. The Bertz CT molecular complexity index is 455. The zero-order valence-corrected chi connectivity index (χ0v) is 11.5. The minimum atomic E-state index is -0.564. The van der Waals surface area contributed by atoms with Gasteiger partial charge in [-0.2, -0.15) is 0 Å². The number of carbonyl (C=O) groups is 2. The fraction of sp³-hybridized carbons (Fsp3) is 0.429. The molecule has 0 amide bonds. The molecule has 1 rings (SSSR count). The molecule has 0 aliphatic carbocycles. The molecule has 0 aromatic heterocycles. The number of methoxy groups -OCH3 is 2. The van der Waals surface area contributed by atoms with Crippen LogP contribution in [0.3, 0.4) is 0 Å². The molecule has 0 fully saturated rings. The molecule has 0 aliphatic rings. The van der Waals surface area contributed by atoms with E-state index in [2.05, 4.69) is 4.74 Å². The van der Waals surface area contributed by atoms with Gasteiger partial charge in [0, 0.05) is 0 Å². The van der Waals surface area contributed by atoms with Crippen LogP contribution in [0.25, 0.3) is 0 Å². The smallest absolute Gasteiger partial charge is 0.338 e. The number of benzene rings is 1. The molecule has 2 atom stereocenters. The number of rotatable bonds is 5. The molecule has 0 saturated carbocycles. The fourth-order valence-corrected chi connectivity index (χ4v) is 1.47. The topological polar surface area (TPSA) is 61.8 Å². The SMILES string of the molecule is COC(=O)C(C)C(C)OC(=O)c1cccc(OC)c1. The summed E-state index contributed by atoms with van der Waals surface area (Å²) < 4.78 is 14.9. The zero-order valence-electron chi connectivity index (χ0n) is 11.5. The van der Waals surface area contributed by atoms with Crippen molar-refractivity contribution in [3.05, 3.63) is 29.8 Å². The van der Waals surface area contributed by atoms with E-state index in [0.717, 1.165) is 0 Å². The van der Waals surface area contributed by atoms with E-state index in [1.807, 2.05) is 0 Å². The van der Waals surface area contributed by atoms with Gasteiger partial charge in [-0.05, 0) is 32.0 Å². The van der Waals surface area contributed by atoms with Crippen molar-refractivity contribution in [3.8, 4) is 5.75 Å². The Morgan fingerprint density at radius 2 is 1.84 bits per heavy atom. The second-order valence-corrected chi connectivity index (χ2v) is 4.15. The van der Waals surface area contributed by atoms with Gasteiger partial charge in [0.25, 0.3) is 0 Å². The second kappa shape index (κ2) is 6.78. The zero-order chi connectivity index (χ0) is 14.4. The van der Waals surface area contributed by atoms with E-state index >= 15 is 0 Å². The maximum absolute atomic E-state index is 11.9.